The summed E-state index contributed by atoms with van der Waals surface area (Å²) in [7, 11) is 1.70. The zero-order valence-electron chi connectivity index (χ0n) is 19.6. The number of nitrogens with zero attached hydrogens (tertiary/aromatic N) is 4. The van der Waals surface area contributed by atoms with Crippen molar-refractivity contribution >= 4 is 33.7 Å². The van der Waals surface area contributed by atoms with Gasteiger partial charge in [-0.15, -0.1) is 0 Å². The van der Waals surface area contributed by atoms with Crippen LogP contribution in [0.5, 0.6) is 5.75 Å². The third-order valence-electron chi connectivity index (χ3n) is 5.43. The summed E-state index contributed by atoms with van der Waals surface area (Å²) in [6, 6.07) is 8.07. The molecule has 3 heterocycles. The Hall–Kier alpha value is -2.93. The Morgan fingerprint density at radius 3 is 2.56 bits per heavy atom. The van der Waals surface area contributed by atoms with Gasteiger partial charge in [-0.1, -0.05) is 39.8 Å². The number of carbonyl (C=O) groups is 1. The van der Waals surface area contributed by atoms with Gasteiger partial charge in [0.1, 0.15) is 16.9 Å². The van der Waals surface area contributed by atoms with Gasteiger partial charge in [0.25, 0.3) is 0 Å². The molecule has 0 spiro atoms. The smallest absolute Gasteiger partial charge is 0.311 e. The second-order valence-electron chi connectivity index (χ2n) is 9.19. The standard InChI is InChI=1S/C25H32N4O3/c1-16(2)13-21-27-24-23(25-26-18-9-6-7-10-19(18)29(21)25)20(32-22(30)14-17(3)4)15-28(24)11-8-12-31-5/h6-7,9-10,15-17H,8,11-14H2,1-5H3. The average Bonchev–Trinajstić information content (AvgIpc) is 3.26. The molecule has 3 aromatic heterocycles. The number of ether oxygens (including phenoxy) is 2. The number of rotatable bonds is 9. The van der Waals surface area contributed by atoms with Crippen molar-refractivity contribution < 1.29 is 14.3 Å². The van der Waals surface area contributed by atoms with Crippen LogP contribution >= 0.6 is 0 Å². The van der Waals surface area contributed by atoms with Gasteiger partial charge in [-0.05, 0) is 30.4 Å². The summed E-state index contributed by atoms with van der Waals surface area (Å²) >= 11 is 0. The topological polar surface area (TPSA) is 70.7 Å². The fourth-order valence-corrected chi connectivity index (χ4v) is 4.11. The maximum atomic E-state index is 12.6. The Kier molecular flexibility index (Phi) is 6.46. The number of hydrogen-bond acceptors (Lipinski definition) is 5. The van der Waals surface area contributed by atoms with E-state index in [4.69, 9.17) is 19.4 Å². The average molecular weight is 437 g/mol. The molecule has 0 aliphatic heterocycles. The fourth-order valence-electron chi connectivity index (χ4n) is 4.11. The highest BCUT2D eigenvalue weighted by molar-refractivity contribution is 6.00. The first kappa shape index (κ1) is 22.3. The van der Waals surface area contributed by atoms with E-state index < -0.39 is 0 Å². The maximum absolute atomic E-state index is 12.6. The van der Waals surface area contributed by atoms with Crippen molar-refractivity contribution in [1.29, 1.82) is 0 Å². The molecule has 0 radical (unpaired) electrons. The number of methoxy groups -OCH3 is 1. The van der Waals surface area contributed by atoms with E-state index in [0.717, 1.165) is 52.9 Å². The van der Waals surface area contributed by atoms with Gasteiger partial charge in [-0.2, -0.15) is 0 Å². The number of para-hydroxylation sites is 2. The second-order valence-corrected chi connectivity index (χ2v) is 9.19. The zero-order chi connectivity index (χ0) is 22.8. The Balaban J connectivity index is 1.97. The molecular formula is C25H32N4O3. The summed E-state index contributed by atoms with van der Waals surface area (Å²) in [4.78, 5) is 22.6. The highest BCUT2D eigenvalue weighted by Gasteiger charge is 2.23. The number of imidazole rings is 1. The van der Waals surface area contributed by atoms with Crippen molar-refractivity contribution in [2.24, 2.45) is 11.8 Å². The molecule has 4 aromatic rings. The molecule has 0 N–H and O–H groups in total. The Bertz CT molecular complexity index is 1250. The van der Waals surface area contributed by atoms with Gasteiger partial charge >= 0.3 is 5.97 Å². The molecule has 32 heavy (non-hydrogen) atoms. The van der Waals surface area contributed by atoms with Crippen molar-refractivity contribution in [1.82, 2.24) is 18.9 Å². The van der Waals surface area contributed by atoms with Gasteiger partial charge in [-0.25, -0.2) is 9.97 Å². The number of aryl methyl sites for hydroxylation is 1. The summed E-state index contributed by atoms with van der Waals surface area (Å²) in [5.41, 5.74) is 3.49. The molecule has 7 heteroatoms. The van der Waals surface area contributed by atoms with Crippen LogP contribution in [0.3, 0.4) is 0 Å². The number of carbonyl (C=O) groups excluding carboxylic acids is 1. The van der Waals surface area contributed by atoms with E-state index in [2.05, 4.69) is 28.9 Å². The summed E-state index contributed by atoms with van der Waals surface area (Å²) in [6.45, 7) is 9.76. The van der Waals surface area contributed by atoms with Gasteiger partial charge in [0.2, 0.25) is 0 Å². The predicted octanol–water partition coefficient (Wildman–Crippen LogP) is 5.02. The molecule has 0 saturated heterocycles. The van der Waals surface area contributed by atoms with Crippen LogP contribution in [0.15, 0.2) is 30.5 Å². The molecule has 0 aliphatic carbocycles. The minimum atomic E-state index is -0.239. The maximum Gasteiger partial charge on any atom is 0.311 e. The third-order valence-corrected chi connectivity index (χ3v) is 5.43. The molecule has 0 saturated carbocycles. The van der Waals surface area contributed by atoms with Crippen LogP contribution in [0.4, 0.5) is 0 Å². The highest BCUT2D eigenvalue weighted by atomic mass is 16.5. The lowest BCUT2D eigenvalue weighted by molar-refractivity contribution is -0.135. The lowest BCUT2D eigenvalue weighted by Crippen LogP contribution is -2.11. The molecule has 0 fully saturated rings. The largest absolute Gasteiger partial charge is 0.424 e. The predicted molar refractivity (Wildman–Crippen MR) is 126 cm³/mol. The fraction of sp³-hybridized carbons (Fsp3) is 0.480. The molecule has 170 valence electrons. The van der Waals surface area contributed by atoms with Crippen LogP contribution in [0, 0.1) is 11.8 Å². The molecule has 0 amide bonds. The van der Waals surface area contributed by atoms with E-state index in [0.29, 0.717) is 24.7 Å². The number of aromatic nitrogens is 4. The van der Waals surface area contributed by atoms with Gasteiger partial charge in [0, 0.05) is 39.3 Å². The minimum absolute atomic E-state index is 0.224. The van der Waals surface area contributed by atoms with E-state index in [-0.39, 0.29) is 11.9 Å². The quantitative estimate of drug-likeness (QED) is 0.272. The molecule has 7 nitrogen and oxygen atoms in total. The first-order valence-corrected chi connectivity index (χ1v) is 11.4. The summed E-state index contributed by atoms with van der Waals surface area (Å²) in [5.74, 6) is 1.90. The SMILES string of the molecule is COCCCn1cc(OC(=O)CC(C)C)c2c1nc(CC(C)C)n1c3ccccc3nc21. The van der Waals surface area contributed by atoms with Gasteiger partial charge in [0.05, 0.1) is 11.0 Å². The van der Waals surface area contributed by atoms with Crippen molar-refractivity contribution in [2.45, 2.75) is 53.5 Å². The van der Waals surface area contributed by atoms with Crippen molar-refractivity contribution in [3.8, 4) is 5.75 Å². The Morgan fingerprint density at radius 1 is 1.06 bits per heavy atom. The van der Waals surface area contributed by atoms with E-state index in [1.807, 2.05) is 38.2 Å². The monoisotopic (exact) mass is 436 g/mol. The van der Waals surface area contributed by atoms with Crippen molar-refractivity contribution in [3.63, 3.8) is 0 Å². The molecule has 0 bridgehead atoms. The number of fused-ring (bicyclic) bond motifs is 5. The molecule has 0 unspecified atom stereocenters. The van der Waals surface area contributed by atoms with Crippen molar-refractivity contribution in [3.05, 3.63) is 36.3 Å². The van der Waals surface area contributed by atoms with E-state index in [1.54, 1.807) is 7.11 Å². The first-order chi connectivity index (χ1) is 15.4. The van der Waals surface area contributed by atoms with Gasteiger partial charge < -0.3 is 14.0 Å². The Labute approximate surface area is 188 Å². The minimum Gasteiger partial charge on any atom is -0.424 e. The van der Waals surface area contributed by atoms with Crippen LogP contribution in [0.25, 0.3) is 27.7 Å². The van der Waals surface area contributed by atoms with Gasteiger partial charge in [0.15, 0.2) is 11.4 Å². The second kappa shape index (κ2) is 9.28. The number of esters is 1. The van der Waals surface area contributed by atoms with Crippen molar-refractivity contribution in [2.75, 3.05) is 13.7 Å². The van der Waals surface area contributed by atoms with E-state index >= 15 is 0 Å². The van der Waals surface area contributed by atoms with Crippen LogP contribution in [-0.2, 0) is 22.5 Å². The molecule has 1 aromatic carbocycles. The first-order valence-electron chi connectivity index (χ1n) is 11.4. The molecular weight excluding hydrogens is 404 g/mol. The lowest BCUT2D eigenvalue weighted by Gasteiger charge is -2.11. The Morgan fingerprint density at radius 2 is 1.84 bits per heavy atom. The third kappa shape index (κ3) is 4.35. The molecule has 0 atom stereocenters. The summed E-state index contributed by atoms with van der Waals surface area (Å²) in [5, 5.41) is 0.781. The highest BCUT2D eigenvalue weighted by Crippen LogP contribution is 2.34. The molecule has 4 rings (SSSR count). The number of benzene rings is 1. The normalized spacial score (nSPS) is 12.1. The zero-order valence-corrected chi connectivity index (χ0v) is 19.6. The van der Waals surface area contributed by atoms with Crippen LogP contribution < -0.4 is 4.74 Å². The van der Waals surface area contributed by atoms with Crippen LogP contribution in [0.2, 0.25) is 0 Å². The van der Waals surface area contributed by atoms with E-state index in [1.165, 1.54) is 0 Å². The van der Waals surface area contributed by atoms with Crippen LogP contribution in [0.1, 0.15) is 46.4 Å². The summed E-state index contributed by atoms with van der Waals surface area (Å²) in [6.07, 6.45) is 3.91. The molecule has 0 aliphatic rings. The van der Waals surface area contributed by atoms with E-state index in [9.17, 15) is 4.79 Å². The van der Waals surface area contributed by atoms with Crippen LogP contribution in [-0.4, -0.2) is 38.6 Å². The van der Waals surface area contributed by atoms with Gasteiger partial charge in [-0.3, -0.25) is 9.20 Å². The number of hydrogen-bond donors (Lipinski definition) is 0. The lowest BCUT2D eigenvalue weighted by atomic mass is 10.1. The summed E-state index contributed by atoms with van der Waals surface area (Å²) < 4.78 is 15.3.